The molecule has 0 saturated heterocycles. The lowest BCUT2D eigenvalue weighted by Gasteiger charge is -2.07. The van der Waals surface area contributed by atoms with Crippen molar-refractivity contribution < 1.29 is 19.4 Å². The number of ether oxygens (including phenoxy) is 1. The van der Waals surface area contributed by atoms with Crippen LogP contribution in [0.3, 0.4) is 0 Å². The summed E-state index contributed by atoms with van der Waals surface area (Å²) < 4.78 is 4.68. The van der Waals surface area contributed by atoms with Crippen LogP contribution >= 0.6 is 11.3 Å². The molecule has 1 aromatic heterocycles. The van der Waals surface area contributed by atoms with E-state index in [1.807, 2.05) is 0 Å². The van der Waals surface area contributed by atoms with Crippen molar-refractivity contribution in [2.45, 2.75) is 19.6 Å². The van der Waals surface area contributed by atoms with Crippen LogP contribution in [0.5, 0.6) is 0 Å². The Morgan fingerprint density at radius 1 is 1.60 bits per heavy atom. The molecule has 0 aliphatic carbocycles. The highest BCUT2D eigenvalue weighted by Crippen LogP contribution is 2.12. The number of aliphatic hydroxyl groups excluding tert-OH is 1. The Morgan fingerprint density at radius 2 is 2.33 bits per heavy atom. The van der Waals surface area contributed by atoms with Gasteiger partial charge in [0.2, 0.25) is 6.29 Å². The Balaban J connectivity index is 2.48. The van der Waals surface area contributed by atoms with Gasteiger partial charge in [-0.2, -0.15) is 0 Å². The minimum atomic E-state index is -1.49. The molecule has 0 spiro atoms. The Hall–Kier alpha value is -1.04. The normalized spacial score (nSPS) is 12.4. The quantitative estimate of drug-likeness (QED) is 0.452. The smallest absolute Gasteiger partial charge is 0.215 e. The lowest BCUT2D eigenvalue weighted by atomic mass is 10.2. The molecular weight excluding hydrogens is 216 g/mol. The molecule has 0 aliphatic heterocycles. The van der Waals surface area contributed by atoms with Crippen molar-refractivity contribution in [3.05, 3.63) is 22.4 Å². The Morgan fingerprint density at radius 3 is 2.87 bits per heavy atom. The van der Waals surface area contributed by atoms with Crippen LogP contribution < -0.4 is 0 Å². The summed E-state index contributed by atoms with van der Waals surface area (Å²) in [6.45, 7) is 1.90. The Bertz CT molecular complexity index is 331. The van der Waals surface area contributed by atoms with Crippen LogP contribution in [0, 0.1) is 0 Å². The first-order valence-electron chi connectivity index (χ1n) is 4.54. The second-order valence-electron chi connectivity index (χ2n) is 2.85. The second-order valence-corrected chi connectivity index (χ2v) is 3.80. The molecule has 1 rings (SSSR count). The number of carbonyl (C=O) groups excluding carboxylic acids is 2. The van der Waals surface area contributed by atoms with Crippen molar-refractivity contribution in [2.24, 2.45) is 0 Å². The van der Waals surface area contributed by atoms with Crippen molar-refractivity contribution in [3.63, 3.8) is 0 Å². The van der Waals surface area contributed by atoms with E-state index >= 15 is 0 Å². The van der Waals surface area contributed by atoms with E-state index < -0.39 is 12.1 Å². The highest BCUT2D eigenvalue weighted by Gasteiger charge is 2.19. The molecule has 1 aromatic rings. The average Bonchev–Trinajstić information content (AvgIpc) is 2.70. The van der Waals surface area contributed by atoms with E-state index in [1.165, 1.54) is 11.3 Å². The minimum absolute atomic E-state index is 0.236. The van der Waals surface area contributed by atoms with Crippen molar-refractivity contribution in [1.82, 2.24) is 0 Å². The van der Waals surface area contributed by atoms with Gasteiger partial charge in [0.1, 0.15) is 0 Å². The first-order valence-corrected chi connectivity index (χ1v) is 5.42. The van der Waals surface area contributed by atoms with E-state index in [0.717, 1.165) is 0 Å². The van der Waals surface area contributed by atoms with E-state index in [2.05, 4.69) is 4.74 Å². The summed E-state index contributed by atoms with van der Waals surface area (Å²) in [4.78, 5) is 23.2. The van der Waals surface area contributed by atoms with Gasteiger partial charge in [-0.15, -0.1) is 11.3 Å². The molecule has 0 amide bonds. The maximum atomic E-state index is 11.4. The van der Waals surface area contributed by atoms with Crippen LogP contribution in [0.2, 0.25) is 0 Å². The predicted octanol–water partition coefficient (Wildman–Crippen LogP) is 1.24. The van der Waals surface area contributed by atoms with Crippen LogP contribution in [0.4, 0.5) is 0 Å². The number of carbonyl (C=O) groups is 2. The molecule has 0 fully saturated rings. The zero-order valence-electron chi connectivity index (χ0n) is 8.30. The van der Waals surface area contributed by atoms with E-state index in [0.29, 0.717) is 4.88 Å². The minimum Gasteiger partial charge on any atom is -0.362 e. The molecule has 5 heteroatoms. The van der Waals surface area contributed by atoms with E-state index in [1.54, 1.807) is 24.4 Å². The number of Topliss-reactive ketones (excluding diaryl/α,β-unsaturated/α-hetero) is 2. The monoisotopic (exact) mass is 228 g/mol. The van der Waals surface area contributed by atoms with Crippen LogP contribution in [0.1, 0.15) is 23.0 Å². The number of ketones is 2. The maximum absolute atomic E-state index is 11.4. The van der Waals surface area contributed by atoms with Crippen LogP contribution in [0.25, 0.3) is 0 Å². The van der Waals surface area contributed by atoms with Gasteiger partial charge in [-0.05, 0) is 18.4 Å². The number of rotatable bonds is 6. The molecule has 1 heterocycles. The predicted molar refractivity (Wildman–Crippen MR) is 55.9 cm³/mol. The molecule has 1 unspecified atom stereocenters. The highest BCUT2D eigenvalue weighted by molar-refractivity contribution is 7.12. The third-order valence-electron chi connectivity index (χ3n) is 1.73. The molecule has 1 atom stereocenters. The van der Waals surface area contributed by atoms with Gasteiger partial charge in [-0.3, -0.25) is 9.59 Å². The Kier molecular flexibility index (Phi) is 4.61. The lowest BCUT2D eigenvalue weighted by molar-refractivity contribution is -0.153. The first-order chi connectivity index (χ1) is 7.15. The third kappa shape index (κ3) is 3.54. The summed E-state index contributed by atoms with van der Waals surface area (Å²) in [7, 11) is 0. The highest BCUT2D eigenvalue weighted by atomic mass is 32.1. The van der Waals surface area contributed by atoms with Gasteiger partial charge in [-0.25, -0.2) is 0 Å². The zero-order chi connectivity index (χ0) is 11.3. The van der Waals surface area contributed by atoms with Crippen molar-refractivity contribution >= 4 is 22.9 Å². The van der Waals surface area contributed by atoms with E-state index in [9.17, 15) is 9.59 Å². The molecule has 82 valence electrons. The summed E-state index contributed by atoms with van der Waals surface area (Å²) in [6.07, 6.45) is -1.80. The lowest BCUT2D eigenvalue weighted by Crippen LogP contribution is -2.25. The molecule has 0 bridgehead atoms. The van der Waals surface area contributed by atoms with Crippen molar-refractivity contribution in [2.75, 3.05) is 6.61 Å². The zero-order valence-corrected chi connectivity index (χ0v) is 9.12. The van der Waals surface area contributed by atoms with E-state index in [4.69, 9.17) is 5.11 Å². The average molecular weight is 228 g/mol. The van der Waals surface area contributed by atoms with Gasteiger partial charge in [0.25, 0.3) is 0 Å². The number of hydrogen-bond acceptors (Lipinski definition) is 5. The van der Waals surface area contributed by atoms with E-state index in [-0.39, 0.29) is 18.8 Å². The first kappa shape index (κ1) is 12.0. The fourth-order valence-corrected chi connectivity index (χ4v) is 1.69. The van der Waals surface area contributed by atoms with Gasteiger partial charge < -0.3 is 9.84 Å². The topological polar surface area (TPSA) is 63.6 Å². The van der Waals surface area contributed by atoms with Crippen molar-refractivity contribution in [3.8, 4) is 0 Å². The fourth-order valence-electron chi connectivity index (χ4n) is 1.02. The van der Waals surface area contributed by atoms with Gasteiger partial charge >= 0.3 is 0 Å². The summed E-state index contributed by atoms with van der Waals surface area (Å²) >= 11 is 1.27. The number of aliphatic hydroxyl groups is 1. The summed E-state index contributed by atoms with van der Waals surface area (Å²) in [5, 5.41) is 10.9. The largest absolute Gasteiger partial charge is 0.362 e. The molecule has 4 nitrogen and oxygen atoms in total. The molecule has 0 saturated carbocycles. The molecular formula is C10H12O4S. The standard InChI is InChI=1S/C10H12O4S/c1-2-14-10(13)8(12)6-7(11)9-4-3-5-15-9/h3-5,10,13H,2,6H2,1H3. The molecule has 0 aliphatic rings. The van der Waals surface area contributed by atoms with Gasteiger partial charge in [0.05, 0.1) is 11.3 Å². The molecule has 1 N–H and O–H groups in total. The molecule has 15 heavy (non-hydrogen) atoms. The van der Waals surface area contributed by atoms with Gasteiger partial charge in [-0.1, -0.05) is 6.07 Å². The van der Waals surface area contributed by atoms with Crippen LogP contribution in [-0.2, 0) is 9.53 Å². The molecule has 0 aromatic carbocycles. The van der Waals surface area contributed by atoms with Crippen molar-refractivity contribution in [1.29, 1.82) is 0 Å². The summed E-state index contributed by atoms with van der Waals surface area (Å²) in [5.41, 5.74) is 0. The number of thiophene rings is 1. The Labute approximate surface area is 91.5 Å². The maximum Gasteiger partial charge on any atom is 0.215 e. The number of hydrogen-bond donors (Lipinski definition) is 1. The SMILES string of the molecule is CCOC(O)C(=O)CC(=O)c1cccs1. The summed E-state index contributed by atoms with van der Waals surface area (Å²) in [6, 6.07) is 3.38. The fraction of sp³-hybridized carbons (Fsp3) is 0.400. The third-order valence-corrected chi connectivity index (χ3v) is 2.64. The second kappa shape index (κ2) is 5.75. The van der Waals surface area contributed by atoms with Gasteiger partial charge in [0, 0.05) is 6.61 Å². The van der Waals surface area contributed by atoms with Crippen LogP contribution in [0.15, 0.2) is 17.5 Å². The van der Waals surface area contributed by atoms with Crippen LogP contribution in [-0.4, -0.2) is 29.6 Å². The summed E-state index contributed by atoms with van der Waals surface area (Å²) in [5.74, 6) is -0.885. The van der Waals surface area contributed by atoms with Gasteiger partial charge in [0.15, 0.2) is 11.6 Å². The molecule has 0 radical (unpaired) electrons.